The lowest BCUT2D eigenvalue weighted by Gasteiger charge is -2.22. The first-order chi connectivity index (χ1) is 19.5. The molecule has 40 heavy (non-hydrogen) atoms. The molecule has 4 rings (SSSR count). The van der Waals surface area contributed by atoms with Crippen LogP contribution in [0.1, 0.15) is 90.0 Å². The van der Waals surface area contributed by atoms with Crippen molar-refractivity contribution in [2.45, 2.75) is 63.7 Å². The molecule has 0 saturated heterocycles. The lowest BCUT2D eigenvalue weighted by molar-refractivity contribution is -0.137. The second-order valence-corrected chi connectivity index (χ2v) is 9.95. The van der Waals surface area contributed by atoms with Crippen molar-refractivity contribution in [2.75, 3.05) is 13.2 Å². The Morgan fingerprint density at radius 3 is 1.85 bits per heavy atom. The molecule has 0 radical (unpaired) electrons. The fourth-order valence-electron chi connectivity index (χ4n) is 4.77. The average molecular weight is 545 g/mol. The Morgan fingerprint density at radius 2 is 1.30 bits per heavy atom. The number of hydrogen-bond donors (Lipinski definition) is 0. The first-order valence-electron chi connectivity index (χ1n) is 14.0. The molecule has 0 aromatic heterocycles. The van der Waals surface area contributed by atoms with Crippen molar-refractivity contribution >= 4 is 17.9 Å². The Hall–Kier alpha value is -4.13. The van der Waals surface area contributed by atoms with E-state index in [0.29, 0.717) is 66.8 Å². The lowest BCUT2D eigenvalue weighted by Crippen LogP contribution is -2.10. The number of carbonyl (C=O) groups excluding carboxylic acids is 3. The van der Waals surface area contributed by atoms with Gasteiger partial charge in [0.2, 0.25) is 0 Å². The highest BCUT2D eigenvalue weighted by Crippen LogP contribution is 2.32. The van der Waals surface area contributed by atoms with Gasteiger partial charge in [0.15, 0.2) is 0 Å². The molecule has 0 atom stereocenters. The summed E-state index contributed by atoms with van der Waals surface area (Å²) in [5, 5.41) is 0. The summed E-state index contributed by atoms with van der Waals surface area (Å²) < 4.78 is 21.7. The van der Waals surface area contributed by atoms with Crippen LogP contribution < -0.4 is 4.74 Å². The van der Waals surface area contributed by atoms with Gasteiger partial charge in [0, 0.05) is 18.9 Å². The lowest BCUT2D eigenvalue weighted by atomic mass is 9.84. The average Bonchev–Trinajstić information content (AvgIpc) is 3.00. The summed E-state index contributed by atoms with van der Waals surface area (Å²) in [6, 6.07) is 14.5. The number of rotatable bonds is 12. The summed E-state index contributed by atoms with van der Waals surface area (Å²) in [6.07, 6.45) is 13.1. The largest absolute Gasteiger partial charge is 0.494 e. The number of ether oxygens (including phenoxy) is 4. The molecule has 0 amide bonds. The van der Waals surface area contributed by atoms with Crippen LogP contribution in [0.4, 0.5) is 0 Å². The summed E-state index contributed by atoms with van der Waals surface area (Å²) in [5.74, 6) is 1.01. The molecule has 0 bridgehead atoms. The molecule has 7 heteroatoms. The maximum atomic E-state index is 12.6. The summed E-state index contributed by atoms with van der Waals surface area (Å²) in [5.41, 5.74) is 2.23. The van der Waals surface area contributed by atoms with Gasteiger partial charge in [0.05, 0.1) is 24.3 Å². The first-order valence-corrected chi connectivity index (χ1v) is 14.0. The standard InChI is InChI=1S/C33H36O7/c1-2-31(34)38-23-7-6-22-37-28-16-14-27(15-17-28)33(36)40-30-20-18-29(19-21-30)39-32(35)26-12-10-25(11-13-26)24-8-4-3-5-9-24/h2,10-18,20,24H,1,3-9,19,21-23H2. The van der Waals surface area contributed by atoms with Crippen molar-refractivity contribution in [3.05, 3.63) is 102 Å². The number of allylic oxidation sites excluding steroid dienone is 4. The second-order valence-electron chi connectivity index (χ2n) is 9.95. The molecule has 0 spiro atoms. The van der Waals surface area contributed by atoms with Crippen molar-refractivity contribution in [2.24, 2.45) is 0 Å². The summed E-state index contributed by atoms with van der Waals surface area (Å²) >= 11 is 0. The monoisotopic (exact) mass is 544 g/mol. The maximum Gasteiger partial charge on any atom is 0.343 e. The van der Waals surface area contributed by atoms with Crippen molar-refractivity contribution in [1.29, 1.82) is 0 Å². The van der Waals surface area contributed by atoms with E-state index in [2.05, 4.69) is 6.58 Å². The van der Waals surface area contributed by atoms with Crippen LogP contribution in [0.25, 0.3) is 0 Å². The quantitative estimate of drug-likeness (QED) is 0.121. The predicted octanol–water partition coefficient (Wildman–Crippen LogP) is 7.20. The number of esters is 3. The highest BCUT2D eigenvalue weighted by Gasteiger charge is 2.19. The van der Waals surface area contributed by atoms with Crippen molar-refractivity contribution in [3.8, 4) is 5.75 Å². The summed E-state index contributed by atoms with van der Waals surface area (Å²) in [6.45, 7) is 4.14. The van der Waals surface area contributed by atoms with Crippen LogP contribution in [0, 0.1) is 0 Å². The minimum atomic E-state index is -0.464. The van der Waals surface area contributed by atoms with Gasteiger partial charge in [-0.1, -0.05) is 38.0 Å². The fourth-order valence-corrected chi connectivity index (χ4v) is 4.77. The van der Waals surface area contributed by atoms with E-state index in [0.717, 1.165) is 12.5 Å². The Balaban J connectivity index is 1.20. The zero-order valence-electron chi connectivity index (χ0n) is 22.8. The van der Waals surface area contributed by atoms with Gasteiger partial charge in [-0.15, -0.1) is 0 Å². The number of unbranched alkanes of at least 4 members (excludes halogenated alkanes) is 1. The molecule has 7 nitrogen and oxygen atoms in total. The van der Waals surface area contributed by atoms with Gasteiger partial charge in [0.25, 0.3) is 0 Å². The van der Waals surface area contributed by atoms with E-state index in [1.807, 2.05) is 24.3 Å². The van der Waals surface area contributed by atoms with Crippen molar-refractivity contribution in [3.63, 3.8) is 0 Å². The van der Waals surface area contributed by atoms with E-state index < -0.39 is 11.9 Å². The number of hydrogen-bond acceptors (Lipinski definition) is 7. The highest BCUT2D eigenvalue weighted by molar-refractivity contribution is 5.91. The molecular weight excluding hydrogens is 508 g/mol. The third kappa shape index (κ3) is 8.70. The third-order valence-corrected chi connectivity index (χ3v) is 7.05. The van der Waals surface area contributed by atoms with E-state index in [9.17, 15) is 14.4 Å². The van der Waals surface area contributed by atoms with Gasteiger partial charge in [-0.05, 0) is 85.7 Å². The molecule has 0 unspecified atom stereocenters. The minimum Gasteiger partial charge on any atom is -0.494 e. The van der Waals surface area contributed by atoms with E-state index in [-0.39, 0.29) is 5.97 Å². The van der Waals surface area contributed by atoms with E-state index >= 15 is 0 Å². The minimum absolute atomic E-state index is 0.322. The van der Waals surface area contributed by atoms with Crippen LogP contribution in [-0.2, 0) is 19.0 Å². The van der Waals surface area contributed by atoms with Gasteiger partial charge in [-0.25, -0.2) is 14.4 Å². The molecule has 1 fully saturated rings. The summed E-state index contributed by atoms with van der Waals surface area (Å²) in [7, 11) is 0. The topological polar surface area (TPSA) is 88.1 Å². The molecule has 0 aliphatic heterocycles. The van der Waals surface area contributed by atoms with Gasteiger partial charge in [-0.2, -0.15) is 0 Å². The zero-order valence-corrected chi connectivity index (χ0v) is 22.8. The van der Waals surface area contributed by atoms with Crippen LogP contribution >= 0.6 is 0 Å². The molecule has 0 N–H and O–H groups in total. The van der Waals surface area contributed by atoms with Crippen LogP contribution in [-0.4, -0.2) is 31.1 Å². The van der Waals surface area contributed by atoms with Gasteiger partial charge in [-0.3, -0.25) is 0 Å². The number of carbonyl (C=O) groups is 3. The van der Waals surface area contributed by atoms with E-state index in [1.165, 1.54) is 37.7 Å². The van der Waals surface area contributed by atoms with Crippen LogP contribution in [0.5, 0.6) is 5.75 Å². The first kappa shape index (κ1) is 28.9. The van der Waals surface area contributed by atoms with E-state index in [1.54, 1.807) is 36.4 Å². The van der Waals surface area contributed by atoms with E-state index in [4.69, 9.17) is 18.9 Å². The molecule has 0 heterocycles. The third-order valence-electron chi connectivity index (χ3n) is 7.05. The molecule has 2 aromatic rings. The molecule has 210 valence electrons. The second kappa shape index (κ2) is 14.9. The SMILES string of the molecule is C=CC(=O)OCCCCOc1ccc(C(=O)OC2=CC=C(OC(=O)c3ccc(C4CCCCC4)cc3)CC2)cc1. The van der Waals surface area contributed by atoms with Crippen molar-refractivity contribution in [1.82, 2.24) is 0 Å². The number of benzene rings is 2. The smallest absolute Gasteiger partial charge is 0.343 e. The highest BCUT2D eigenvalue weighted by atomic mass is 16.5. The fraction of sp³-hybridized carbons (Fsp3) is 0.364. The zero-order chi connectivity index (χ0) is 28.2. The molecular formula is C33H36O7. The Kier molecular flexibility index (Phi) is 10.7. The Morgan fingerprint density at radius 1 is 0.750 bits per heavy atom. The van der Waals surface area contributed by atoms with Crippen LogP contribution in [0.15, 0.2) is 84.9 Å². The van der Waals surface area contributed by atoms with Crippen LogP contribution in [0.3, 0.4) is 0 Å². The van der Waals surface area contributed by atoms with Gasteiger partial charge >= 0.3 is 17.9 Å². The normalized spacial score (nSPS) is 15.3. The maximum absolute atomic E-state index is 12.6. The molecule has 2 aromatic carbocycles. The van der Waals surface area contributed by atoms with Crippen LogP contribution in [0.2, 0.25) is 0 Å². The predicted molar refractivity (Wildman–Crippen MR) is 151 cm³/mol. The van der Waals surface area contributed by atoms with Crippen molar-refractivity contribution < 1.29 is 33.3 Å². The molecule has 2 aliphatic rings. The van der Waals surface area contributed by atoms with Gasteiger partial charge < -0.3 is 18.9 Å². The Bertz CT molecular complexity index is 1230. The Labute approximate surface area is 235 Å². The molecule has 1 saturated carbocycles. The molecule has 2 aliphatic carbocycles. The van der Waals surface area contributed by atoms with Gasteiger partial charge in [0.1, 0.15) is 17.3 Å². The summed E-state index contributed by atoms with van der Waals surface area (Å²) in [4.78, 5) is 36.2.